The van der Waals surface area contributed by atoms with Crippen LogP contribution in [0.2, 0.25) is 0 Å². The van der Waals surface area contributed by atoms with Gasteiger partial charge in [0.1, 0.15) is 12.3 Å². The van der Waals surface area contributed by atoms with Crippen LogP contribution in [0.25, 0.3) is 0 Å². The molecule has 2 fully saturated rings. The van der Waals surface area contributed by atoms with E-state index >= 15 is 0 Å². The molecule has 122 valence electrons. The van der Waals surface area contributed by atoms with E-state index in [2.05, 4.69) is 5.32 Å². The molecule has 0 spiro atoms. The lowest BCUT2D eigenvalue weighted by Crippen LogP contribution is -2.42. The van der Waals surface area contributed by atoms with Crippen molar-refractivity contribution < 1.29 is 19.1 Å². The number of ether oxygens (including phenoxy) is 1. The Morgan fingerprint density at radius 2 is 2.22 bits per heavy atom. The number of likely N-dealkylation sites (tertiary alicyclic amines) is 1. The summed E-state index contributed by atoms with van der Waals surface area (Å²) in [4.78, 5) is 38.5. The topological polar surface area (TPSA) is 79.0 Å². The number of carbonyl (C=O) groups is 3. The first-order chi connectivity index (χ1) is 11.1. The van der Waals surface area contributed by atoms with Crippen molar-refractivity contribution in [2.45, 2.75) is 18.9 Å². The highest BCUT2D eigenvalue weighted by Gasteiger charge is 2.35. The van der Waals surface area contributed by atoms with E-state index in [4.69, 9.17) is 4.74 Å². The highest BCUT2D eigenvalue weighted by molar-refractivity contribution is 6.04. The van der Waals surface area contributed by atoms with Gasteiger partial charge in [-0.05, 0) is 30.5 Å². The van der Waals surface area contributed by atoms with Gasteiger partial charge < -0.3 is 15.0 Å². The van der Waals surface area contributed by atoms with Crippen LogP contribution in [-0.2, 0) is 9.59 Å². The molecule has 2 heterocycles. The summed E-state index contributed by atoms with van der Waals surface area (Å²) in [5.74, 6) is 0.178. The third-order valence-corrected chi connectivity index (χ3v) is 4.28. The first-order valence-corrected chi connectivity index (χ1v) is 7.62. The van der Waals surface area contributed by atoms with Crippen molar-refractivity contribution in [1.82, 2.24) is 15.1 Å². The number of carbonyl (C=O) groups excluding carboxylic acids is 3. The highest BCUT2D eigenvalue weighted by atomic mass is 16.5. The van der Waals surface area contributed by atoms with Gasteiger partial charge in [0.25, 0.3) is 5.91 Å². The van der Waals surface area contributed by atoms with Crippen molar-refractivity contribution in [1.29, 1.82) is 0 Å². The molecule has 2 aliphatic rings. The van der Waals surface area contributed by atoms with Gasteiger partial charge in [0.15, 0.2) is 0 Å². The molecule has 2 aliphatic heterocycles. The third-order valence-electron chi connectivity index (χ3n) is 4.28. The smallest absolute Gasteiger partial charge is 0.325 e. The van der Waals surface area contributed by atoms with Crippen molar-refractivity contribution in [3.63, 3.8) is 0 Å². The molecule has 7 nitrogen and oxygen atoms in total. The van der Waals surface area contributed by atoms with Crippen LogP contribution in [0.5, 0.6) is 5.75 Å². The van der Waals surface area contributed by atoms with Crippen molar-refractivity contribution >= 4 is 17.8 Å². The van der Waals surface area contributed by atoms with Crippen LogP contribution in [0.15, 0.2) is 24.3 Å². The molecule has 4 amide bonds. The molecule has 1 aromatic carbocycles. The van der Waals surface area contributed by atoms with Crippen LogP contribution < -0.4 is 10.1 Å². The summed E-state index contributed by atoms with van der Waals surface area (Å²) in [7, 11) is 1.61. The average Bonchev–Trinajstić information content (AvgIpc) is 3.17. The van der Waals surface area contributed by atoms with Gasteiger partial charge in [0.05, 0.1) is 19.7 Å². The number of hydrogen-bond acceptors (Lipinski definition) is 4. The van der Waals surface area contributed by atoms with Crippen LogP contribution in [0.4, 0.5) is 4.79 Å². The number of imide groups is 1. The Hall–Kier alpha value is -2.57. The predicted molar refractivity (Wildman–Crippen MR) is 81.8 cm³/mol. The number of amides is 4. The summed E-state index contributed by atoms with van der Waals surface area (Å²) in [6.45, 7) is 0.390. The number of hydrogen-bond donors (Lipinski definition) is 1. The molecule has 0 aliphatic carbocycles. The van der Waals surface area contributed by atoms with E-state index in [1.165, 1.54) is 0 Å². The maximum Gasteiger partial charge on any atom is 0.325 e. The van der Waals surface area contributed by atoms with Gasteiger partial charge in [-0.3, -0.25) is 14.5 Å². The first kappa shape index (κ1) is 15.3. The van der Waals surface area contributed by atoms with Gasteiger partial charge in [-0.2, -0.15) is 0 Å². The fraction of sp³-hybridized carbons (Fsp3) is 0.438. The second-order valence-corrected chi connectivity index (χ2v) is 5.66. The summed E-state index contributed by atoms with van der Waals surface area (Å²) < 4.78 is 5.24. The summed E-state index contributed by atoms with van der Waals surface area (Å²) in [6.07, 6.45) is 1.76. The Balaban J connectivity index is 1.74. The largest absolute Gasteiger partial charge is 0.497 e. The minimum atomic E-state index is -0.500. The van der Waals surface area contributed by atoms with Gasteiger partial charge in [0.2, 0.25) is 5.91 Å². The lowest BCUT2D eigenvalue weighted by Gasteiger charge is -2.26. The van der Waals surface area contributed by atoms with Crippen LogP contribution in [0, 0.1) is 0 Å². The summed E-state index contributed by atoms with van der Waals surface area (Å²) >= 11 is 0. The third kappa shape index (κ3) is 2.99. The fourth-order valence-electron chi connectivity index (χ4n) is 3.10. The second-order valence-electron chi connectivity index (χ2n) is 5.66. The SMILES string of the molecule is COc1cccc([C@H]2CCCN2C(=O)CN2C(=O)CNC2=O)c1. The monoisotopic (exact) mass is 317 g/mol. The number of rotatable bonds is 4. The minimum Gasteiger partial charge on any atom is -0.497 e. The zero-order valence-electron chi connectivity index (χ0n) is 12.9. The van der Waals surface area contributed by atoms with Crippen LogP contribution >= 0.6 is 0 Å². The Bertz CT molecular complexity index is 630. The second kappa shape index (κ2) is 6.28. The number of nitrogens with zero attached hydrogens (tertiary/aromatic N) is 2. The standard InChI is InChI=1S/C16H19N3O4/c1-23-12-5-2-4-11(8-12)13-6-3-7-18(13)15(21)10-19-14(20)9-17-16(19)22/h2,4-5,8,13H,3,6-7,9-10H2,1H3,(H,17,22)/t13-/m1/s1. The van der Waals surface area contributed by atoms with Gasteiger partial charge in [0, 0.05) is 6.54 Å². The van der Waals surface area contributed by atoms with Crippen LogP contribution in [0.3, 0.4) is 0 Å². The van der Waals surface area contributed by atoms with Crippen LogP contribution in [0.1, 0.15) is 24.4 Å². The number of benzene rings is 1. The maximum absolute atomic E-state index is 12.6. The molecule has 1 N–H and O–H groups in total. The summed E-state index contributed by atoms with van der Waals surface area (Å²) in [6, 6.07) is 7.10. The van der Waals surface area contributed by atoms with Crippen LogP contribution in [-0.4, -0.2) is 54.4 Å². The molecule has 1 aromatic rings. The predicted octanol–water partition coefficient (Wildman–Crippen LogP) is 0.910. The molecule has 0 radical (unpaired) electrons. The van der Waals surface area contributed by atoms with Gasteiger partial charge in [-0.1, -0.05) is 12.1 Å². The van der Waals surface area contributed by atoms with Crippen molar-refractivity contribution in [2.75, 3.05) is 26.7 Å². The number of methoxy groups -OCH3 is 1. The Kier molecular flexibility index (Phi) is 4.18. The van der Waals surface area contributed by atoms with E-state index in [0.717, 1.165) is 29.1 Å². The number of nitrogens with one attached hydrogen (secondary N) is 1. The molecule has 3 rings (SSSR count). The van der Waals surface area contributed by atoms with E-state index in [-0.39, 0.29) is 30.9 Å². The van der Waals surface area contributed by atoms with Crippen molar-refractivity contribution in [2.24, 2.45) is 0 Å². The normalized spacial score (nSPS) is 20.8. The molecule has 7 heteroatoms. The van der Waals surface area contributed by atoms with Crippen molar-refractivity contribution in [3.8, 4) is 5.75 Å². The van der Waals surface area contributed by atoms with E-state index < -0.39 is 6.03 Å². The first-order valence-electron chi connectivity index (χ1n) is 7.62. The molecular weight excluding hydrogens is 298 g/mol. The van der Waals surface area contributed by atoms with Gasteiger partial charge in [-0.25, -0.2) is 4.79 Å². The highest BCUT2D eigenvalue weighted by Crippen LogP contribution is 2.33. The maximum atomic E-state index is 12.6. The zero-order valence-corrected chi connectivity index (χ0v) is 12.9. The zero-order chi connectivity index (χ0) is 16.4. The number of urea groups is 1. The molecule has 2 saturated heterocycles. The lowest BCUT2D eigenvalue weighted by molar-refractivity contribution is -0.137. The Morgan fingerprint density at radius 3 is 2.91 bits per heavy atom. The molecule has 0 bridgehead atoms. The molecule has 1 atom stereocenters. The van der Waals surface area contributed by atoms with E-state index in [1.54, 1.807) is 12.0 Å². The summed E-state index contributed by atoms with van der Waals surface area (Å²) in [5.41, 5.74) is 1.01. The average molecular weight is 317 g/mol. The summed E-state index contributed by atoms with van der Waals surface area (Å²) in [5, 5.41) is 2.42. The lowest BCUT2D eigenvalue weighted by atomic mass is 10.0. The van der Waals surface area contributed by atoms with Gasteiger partial charge in [-0.15, -0.1) is 0 Å². The molecule has 0 aromatic heterocycles. The van der Waals surface area contributed by atoms with Crippen molar-refractivity contribution in [3.05, 3.63) is 29.8 Å². The molecule has 0 unspecified atom stereocenters. The molecular formula is C16H19N3O4. The fourth-order valence-corrected chi connectivity index (χ4v) is 3.10. The Labute approximate surface area is 134 Å². The Morgan fingerprint density at radius 1 is 1.39 bits per heavy atom. The minimum absolute atomic E-state index is 0.0363. The van der Waals surface area contributed by atoms with E-state index in [9.17, 15) is 14.4 Å². The van der Waals surface area contributed by atoms with E-state index in [0.29, 0.717) is 6.54 Å². The quantitative estimate of drug-likeness (QED) is 0.837. The van der Waals surface area contributed by atoms with E-state index in [1.807, 2.05) is 24.3 Å². The van der Waals surface area contributed by atoms with Gasteiger partial charge >= 0.3 is 6.03 Å². The molecule has 23 heavy (non-hydrogen) atoms. The molecule has 0 saturated carbocycles.